The van der Waals surface area contributed by atoms with E-state index in [0.29, 0.717) is 40.8 Å². The molecule has 1 aliphatic heterocycles. The lowest BCUT2D eigenvalue weighted by Crippen LogP contribution is -2.50. The van der Waals surface area contributed by atoms with Crippen molar-refractivity contribution < 1.29 is 9.59 Å². The van der Waals surface area contributed by atoms with Crippen molar-refractivity contribution in [1.82, 2.24) is 15.1 Å². The van der Waals surface area contributed by atoms with Gasteiger partial charge in [-0.05, 0) is 36.4 Å². The zero-order chi connectivity index (χ0) is 19.2. The van der Waals surface area contributed by atoms with Crippen LogP contribution in [0.1, 0.15) is 20.7 Å². The van der Waals surface area contributed by atoms with Crippen molar-refractivity contribution >= 4 is 35.0 Å². The topological polar surface area (TPSA) is 52.7 Å². The van der Waals surface area contributed by atoms with Gasteiger partial charge in [0.15, 0.2) is 0 Å². The van der Waals surface area contributed by atoms with Crippen LogP contribution in [-0.2, 0) is 0 Å². The molecule has 1 heterocycles. The second-order valence-electron chi connectivity index (χ2n) is 6.41. The fourth-order valence-corrected chi connectivity index (χ4v) is 3.42. The Kier molecular flexibility index (Phi) is 6.72. The minimum absolute atomic E-state index is 0.00593. The first-order valence-electron chi connectivity index (χ1n) is 8.84. The molecule has 0 aliphatic carbocycles. The summed E-state index contributed by atoms with van der Waals surface area (Å²) in [6.45, 7) is 4.17. The van der Waals surface area contributed by atoms with Crippen LogP contribution in [0.15, 0.2) is 48.5 Å². The summed E-state index contributed by atoms with van der Waals surface area (Å²) in [5.41, 5.74) is 1.17. The third-order valence-electron chi connectivity index (χ3n) is 4.53. The predicted octanol–water partition coefficient (Wildman–Crippen LogP) is 3.18. The van der Waals surface area contributed by atoms with E-state index in [2.05, 4.69) is 10.2 Å². The van der Waals surface area contributed by atoms with Gasteiger partial charge in [-0.3, -0.25) is 14.5 Å². The van der Waals surface area contributed by atoms with Gasteiger partial charge in [0, 0.05) is 60.4 Å². The van der Waals surface area contributed by atoms with Crippen molar-refractivity contribution in [2.75, 3.05) is 39.3 Å². The van der Waals surface area contributed by atoms with E-state index in [0.717, 1.165) is 19.6 Å². The highest BCUT2D eigenvalue weighted by molar-refractivity contribution is 6.31. The van der Waals surface area contributed by atoms with Crippen molar-refractivity contribution in [3.05, 3.63) is 69.7 Å². The molecule has 0 atom stereocenters. The molecule has 27 heavy (non-hydrogen) atoms. The number of piperazine rings is 1. The summed E-state index contributed by atoms with van der Waals surface area (Å²) >= 11 is 11.9. The lowest BCUT2D eigenvalue weighted by Gasteiger charge is -2.34. The number of nitrogens with zero attached hydrogens (tertiary/aromatic N) is 2. The van der Waals surface area contributed by atoms with Gasteiger partial charge in [-0.15, -0.1) is 0 Å². The average molecular weight is 406 g/mol. The summed E-state index contributed by atoms with van der Waals surface area (Å²) in [7, 11) is 0. The molecule has 0 spiro atoms. The van der Waals surface area contributed by atoms with Crippen LogP contribution in [-0.4, -0.2) is 60.9 Å². The van der Waals surface area contributed by atoms with Gasteiger partial charge in [0.2, 0.25) is 0 Å². The molecule has 5 nitrogen and oxygen atoms in total. The van der Waals surface area contributed by atoms with Crippen molar-refractivity contribution in [3.63, 3.8) is 0 Å². The lowest BCUT2D eigenvalue weighted by molar-refractivity contribution is 0.0638. The number of hydrogen-bond acceptors (Lipinski definition) is 3. The number of benzene rings is 2. The molecule has 1 aliphatic rings. The van der Waals surface area contributed by atoms with Crippen molar-refractivity contribution in [3.8, 4) is 0 Å². The SMILES string of the molecule is O=C(NCCN1CCN(C(=O)c2cccc(Cl)c2)CC1)c1cccc(Cl)c1. The number of amides is 2. The second-order valence-corrected chi connectivity index (χ2v) is 7.28. The molecule has 2 aromatic carbocycles. The first-order chi connectivity index (χ1) is 13.0. The van der Waals surface area contributed by atoms with E-state index in [-0.39, 0.29) is 11.8 Å². The third-order valence-corrected chi connectivity index (χ3v) is 5.00. The first kappa shape index (κ1) is 19.7. The monoisotopic (exact) mass is 405 g/mol. The summed E-state index contributed by atoms with van der Waals surface area (Å²) in [4.78, 5) is 28.7. The molecule has 3 rings (SSSR count). The predicted molar refractivity (Wildman–Crippen MR) is 108 cm³/mol. The maximum atomic E-state index is 12.5. The van der Waals surface area contributed by atoms with Crippen LogP contribution < -0.4 is 5.32 Å². The van der Waals surface area contributed by atoms with E-state index >= 15 is 0 Å². The molecule has 142 valence electrons. The van der Waals surface area contributed by atoms with Crippen molar-refractivity contribution in [2.24, 2.45) is 0 Å². The van der Waals surface area contributed by atoms with Crippen molar-refractivity contribution in [2.45, 2.75) is 0 Å². The van der Waals surface area contributed by atoms with E-state index in [4.69, 9.17) is 23.2 Å². The van der Waals surface area contributed by atoms with Crippen LogP contribution >= 0.6 is 23.2 Å². The van der Waals surface area contributed by atoms with Gasteiger partial charge in [-0.2, -0.15) is 0 Å². The van der Waals surface area contributed by atoms with Gasteiger partial charge < -0.3 is 10.2 Å². The van der Waals surface area contributed by atoms with E-state index < -0.39 is 0 Å². The quantitative estimate of drug-likeness (QED) is 0.830. The molecular weight excluding hydrogens is 385 g/mol. The number of halogens is 2. The Morgan fingerprint density at radius 2 is 1.48 bits per heavy atom. The summed E-state index contributed by atoms with van der Waals surface area (Å²) in [5, 5.41) is 4.01. The van der Waals surface area contributed by atoms with Gasteiger partial charge in [0.25, 0.3) is 11.8 Å². The lowest BCUT2D eigenvalue weighted by atomic mass is 10.2. The van der Waals surface area contributed by atoms with E-state index in [1.54, 1.807) is 48.5 Å². The maximum absolute atomic E-state index is 12.5. The molecule has 1 saturated heterocycles. The second kappa shape index (κ2) is 9.22. The Balaban J connectivity index is 1.42. The Morgan fingerprint density at radius 3 is 2.11 bits per heavy atom. The van der Waals surface area contributed by atoms with Crippen LogP contribution in [0.5, 0.6) is 0 Å². The molecular formula is C20H21Cl2N3O2. The van der Waals surface area contributed by atoms with Crippen LogP contribution in [0.3, 0.4) is 0 Å². The smallest absolute Gasteiger partial charge is 0.253 e. The number of nitrogens with one attached hydrogen (secondary N) is 1. The molecule has 0 unspecified atom stereocenters. The zero-order valence-electron chi connectivity index (χ0n) is 14.8. The maximum Gasteiger partial charge on any atom is 0.253 e. The highest BCUT2D eigenvalue weighted by Gasteiger charge is 2.22. The van der Waals surface area contributed by atoms with Crippen LogP contribution in [0.25, 0.3) is 0 Å². The van der Waals surface area contributed by atoms with Crippen molar-refractivity contribution in [1.29, 1.82) is 0 Å². The van der Waals surface area contributed by atoms with E-state index in [1.807, 2.05) is 4.90 Å². The van der Waals surface area contributed by atoms with Crippen LogP contribution in [0.2, 0.25) is 10.0 Å². The fraction of sp³-hybridized carbons (Fsp3) is 0.300. The van der Waals surface area contributed by atoms with Crippen LogP contribution in [0, 0.1) is 0 Å². The highest BCUT2D eigenvalue weighted by atomic mass is 35.5. The molecule has 2 aromatic rings. The van der Waals surface area contributed by atoms with Gasteiger partial charge in [0.05, 0.1) is 0 Å². The minimum Gasteiger partial charge on any atom is -0.351 e. The standard InChI is InChI=1S/C20H21Cl2N3O2/c21-17-5-1-3-15(13-17)19(26)23-7-8-24-9-11-25(12-10-24)20(27)16-4-2-6-18(22)14-16/h1-6,13-14H,7-12H2,(H,23,26). The third kappa shape index (κ3) is 5.45. The highest BCUT2D eigenvalue weighted by Crippen LogP contribution is 2.14. The van der Waals surface area contributed by atoms with Gasteiger partial charge in [-0.25, -0.2) is 0 Å². The molecule has 0 radical (unpaired) electrons. The molecule has 1 fully saturated rings. The largest absolute Gasteiger partial charge is 0.351 e. The van der Waals surface area contributed by atoms with E-state index in [1.165, 1.54) is 0 Å². The van der Waals surface area contributed by atoms with Gasteiger partial charge in [-0.1, -0.05) is 35.3 Å². The molecule has 2 amide bonds. The Labute approximate surface area is 168 Å². The molecule has 0 saturated carbocycles. The summed E-state index contributed by atoms with van der Waals surface area (Å²) in [5.74, 6) is -0.126. The fourth-order valence-electron chi connectivity index (χ4n) is 3.04. The number of carbonyl (C=O) groups is 2. The first-order valence-corrected chi connectivity index (χ1v) is 9.59. The van der Waals surface area contributed by atoms with Crippen LogP contribution in [0.4, 0.5) is 0 Å². The number of carbonyl (C=O) groups excluding carboxylic acids is 2. The Hall–Kier alpha value is -2.08. The summed E-state index contributed by atoms with van der Waals surface area (Å²) in [6, 6.07) is 13.9. The number of rotatable bonds is 5. The zero-order valence-corrected chi connectivity index (χ0v) is 16.3. The molecule has 0 aromatic heterocycles. The van der Waals surface area contributed by atoms with Gasteiger partial charge in [0.1, 0.15) is 0 Å². The van der Waals surface area contributed by atoms with E-state index in [9.17, 15) is 9.59 Å². The Bertz CT molecular complexity index is 818. The Morgan fingerprint density at radius 1 is 0.889 bits per heavy atom. The molecule has 1 N–H and O–H groups in total. The molecule has 7 heteroatoms. The molecule has 0 bridgehead atoms. The number of hydrogen-bond donors (Lipinski definition) is 1. The van der Waals surface area contributed by atoms with Gasteiger partial charge >= 0.3 is 0 Å². The summed E-state index contributed by atoms with van der Waals surface area (Å²) < 4.78 is 0. The normalized spacial score (nSPS) is 14.8. The summed E-state index contributed by atoms with van der Waals surface area (Å²) in [6.07, 6.45) is 0. The minimum atomic E-state index is -0.132. The average Bonchev–Trinajstić information content (AvgIpc) is 2.68.